The normalized spacial score (nSPS) is 17.0. The van der Waals surface area contributed by atoms with Crippen molar-refractivity contribution < 1.29 is 27.0 Å². The van der Waals surface area contributed by atoms with Gasteiger partial charge in [0, 0.05) is 17.0 Å². The van der Waals surface area contributed by atoms with Gasteiger partial charge in [0.25, 0.3) is 0 Å². The van der Waals surface area contributed by atoms with Gasteiger partial charge in [0.2, 0.25) is 0 Å². The van der Waals surface area contributed by atoms with Crippen molar-refractivity contribution in [2.24, 2.45) is 0 Å². The molecule has 2 nitrogen and oxygen atoms in total. The molecule has 4 rings (SSSR count). The van der Waals surface area contributed by atoms with Gasteiger partial charge < -0.3 is 9.47 Å². The van der Waals surface area contributed by atoms with E-state index < -0.39 is 23.3 Å². The lowest BCUT2D eigenvalue weighted by atomic mass is 9.89. The lowest BCUT2D eigenvalue weighted by Crippen LogP contribution is -2.28. The van der Waals surface area contributed by atoms with Crippen LogP contribution in [0.15, 0.2) is 61.4 Å². The summed E-state index contributed by atoms with van der Waals surface area (Å²) in [7, 11) is 0. The van der Waals surface area contributed by atoms with E-state index in [-0.39, 0.29) is 29.8 Å². The van der Waals surface area contributed by atoms with E-state index in [0.717, 1.165) is 19.3 Å². The third-order valence-corrected chi connectivity index (χ3v) is 8.04. The van der Waals surface area contributed by atoms with Crippen molar-refractivity contribution in [1.82, 2.24) is 0 Å². The molecule has 41 heavy (non-hydrogen) atoms. The predicted molar refractivity (Wildman–Crippen MR) is 157 cm³/mol. The van der Waals surface area contributed by atoms with Crippen LogP contribution in [0.4, 0.5) is 17.6 Å². The monoisotopic (exact) mass is 568 g/mol. The fourth-order valence-electron chi connectivity index (χ4n) is 5.57. The van der Waals surface area contributed by atoms with Gasteiger partial charge in [-0.3, -0.25) is 0 Å². The van der Waals surface area contributed by atoms with Crippen molar-refractivity contribution in [3.63, 3.8) is 0 Å². The van der Waals surface area contributed by atoms with E-state index in [2.05, 4.69) is 13.5 Å². The molecule has 3 aromatic carbocycles. The summed E-state index contributed by atoms with van der Waals surface area (Å²) < 4.78 is 71.1. The molecule has 0 aliphatic carbocycles. The van der Waals surface area contributed by atoms with E-state index in [1.165, 1.54) is 31.9 Å². The molecule has 0 N–H and O–H groups in total. The molecule has 0 aromatic heterocycles. The van der Waals surface area contributed by atoms with Crippen LogP contribution in [0.2, 0.25) is 0 Å². The number of unbranched alkanes of at least 4 members (excludes halogenated alkanes) is 6. The van der Waals surface area contributed by atoms with Crippen LogP contribution < -0.4 is 0 Å². The van der Waals surface area contributed by atoms with Crippen LogP contribution in [0.1, 0.15) is 81.8 Å². The highest BCUT2D eigenvalue weighted by atomic mass is 19.2. The van der Waals surface area contributed by atoms with Crippen LogP contribution in [0.25, 0.3) is 22.3 Å². The Labute approximate surface area is 241 Å². The van der Waals surface area contributed by atoms with Gasteiger partial charge in [-0.1, -0.05) is 101 Å². The summed E-state index contributed by atoms with van der Waals surface area (Å²) in [5, 5.41) is 0. The van der Waals surface area contributed by atoms with Crippen molar-refractivity contribution >= 4 is 0 Å². The first kappa shape index (κ1) is 30.8. The van der Waals surface area contributed by atoms with E-state index in [9.17, 15) is 4.39 Å². The van der Waals surface area contributed by atoms with Crippen molar-refractivity contribution in [2.45, 2.75) is 83.2 Å². The fraction of sp³-hybridized carbons (Fsp3) is 0.429. The Morgan fingerprint density at radius 2 is 1.37 bits per heavy atom. The topological polar surface area (TPSA) is 18.5 Å². The van der Waals surface area contributed by atoms with Gasteiger partial charge in [0.1, 0.15) is 6.61 Å². The fourth-order valence-corrected chi connectivity index (χ4v) is 5.57. The minimum atomic E-state index is -0.931. The summed E-state index contributed by atoms with van der Waals surface area (Å²) >= 11 is 0. The third kappa shape index (κ3) is 7.79. The van der Waals surface area contributed by atoms with Crippen molar-refractivity contribution in [1.29, 1.82) is 0 Å². The molecule has 0 amide bonds. The average molecular weight is 569 g/mol. The van der Waals surface area contributed by atoms with Crippen LogP contribution in [0.3, 0.4) is 0 Å². The van der Waals surface area contributed by atoms with Crippen molar-refractivity contribution in [3.8, 4) is 22.3 Å². The van der Waals surface area contributed by atoms with Crippen LogP contribution in [-0.4, -0.2) is 19.3 Å². The van der Waals surface area contributed by atoms with E-state index >= 15 is 13.2 Å². The molecule has 0 radical (unpaired) electrons. The quantitative estimate of drug-likeness (QED) is 0.109. The van der Waals surface area contributed by atoms with Crippen LogP contribution in [0.5, 0.6) is 0 Å². The molecule has 1 saturated heterocycles. The van der Waals surface area contributed by atoms with E-state index in [4.69, 9.17) is 9.47 Å². The second-order valence-electron chi connectivity index (χ2n) is 10.9. The summed E-state index contributed by atoms with van der Waals surface area (Å²) in [6.45, 7) is 6.37. The molecule has 2 atom stereocenters. The van der Waals surface area contributed by atoms with Gasteiger partial charge in [-0.25, -0.2) is 17.6 Å². The number of hydrogen-bond acceptors (Lipinski definition) is 2. The van der Waals surface area contributed by atoms with Gasteiger partial charge >= 0.3 is 0 Å². The molecule has 1 heterocycles. The first-order chi connectivity index (χ1) is 19.9. The molecule has 1 aliphatic rings. The van der Waals surface area contributed by atoms with E-state index in [0.29, 0.717) is 48.1 Å². The number of halogens is 4. The summed E-state index contributed by atoms with van der Waals surface area (Å²) in [5.74, 6) is -3.75. The molecule has 2 unspecified atom stereocenters. The zero-order valence-corrected chi connectivity index (χ0v) is 23.9. The highest BCUT2D eigenvalue weighted by molar-refractivity contribution is 5.71. The maximum Gasteiger partial charge on any atom is 0.166 e. The van der Waals surface area contributed by atoms with E-state index in [1.807, 2.05) is 0 Å². The largest absolute Gasteiger partial charge is 0.499 e. The highest BCUT2D eigenvalue weighted by Gasteiger charge is 2.27. The van der Waals surface area contributed by atoms with Crippen LogP contribution >= 0.6 is 0 Å². The highest BCUT2D eigenvalue weighted by Crippen LogP contribution is 2.35. The lowest BCUT2D eigenvalue weighted by Gasteiger charge is -2.29. The summed E-state index contributed by atoms with van der Waals surface area (Å²) in [6.07, 6.45) is 10.9. The molecule has 0 bridgehead atoms. The maximum atomic E-state index is 15.2. The molecule has 0 saturated carbocycles. The molecular formula is C35H40F4O2. The number of ether oxygens (including phenoxy) is 2. The molecular weight excluding hydrogens is 528 g/mol. The number of benzene rings is 3. The van der Waals surface area contributed by atoms with Gasteiger partial charge in [-0.05, 0) is 47.9 Å². The molecule has 1 aliphatic heterocycles. The van der Waals surface area contributed by atoms with E-state index in [1.54, 1.807) is 48.5 Å². The van der Waals surface area contributed by atoms with Gasteiger partial charge in [0.15, 0.2) is 23.3 Å². The van der Waals surface area contributed by atoms with Crippen LogP contribution in [0, 0.1) is 23.3 Å². The Morgan fingerprint density at radius 1 is 0.756 bits per heavy atom. The second-order valence-corrected chi connectivity index (χ2v) is 10.9. The Morgan fingerprint density at radius 3 is 1.98 bits per heavy atom. The first-order valence-corrected chi connectivity index (χ1v) is 14.8. The van der Waals surface area contributed by atoms with Gasteiger partial charge in [-0.2, -0.15) is 0 Å². The van der Waals surface area contributed by atoms with Gasteiger partial charge in [-0.15, -0.1) is 0 Å². The molecule has 0 spiro atoms. The van der Waals surface area contributed by atoms with Gasteiger partial charge in [0.05, 0.1) is 19.0 Å². The maximum absolute atomic E-state index is 15.2. The zero-order valence-electron chi connectivity index (χ0n) is 23.9. The van der Waals surface area contributed by atoms with Crippen molar-refractivity contribution in [3.05, 3.63) is 95.8 Å². The Bertz CT molecular complexity index is 1280. The minimum Gasteiger partial charge on any atom is -0.499 e. The molecule has 3 aromatic rings. The zero-order chi connectivity index (χ0) is 29.2. The summed E-state index contributed by atoms with van der Waals surface area (Å²) in [5.41, 5.74) is 1.87. The number of rotatable bonds is 14. The average Bonchev–Trinajstić information content (AvgIpc) is 2.99. The Kier molecular flexibility index (Phi) is 11.4. The third-order valence-electron chi connectivity index (χ3n) is 8.04. The molecule has 6 heteroatoms. The second kappa shape index (κ2) is 15.2. The standard InChI is InChI=1S/C35H40F4O2/c1-3-5-6-7-8-9-10-11-26-17-19-29(33(37)32(26)36)24-12-14-25(15-13-24)30-20-21-31(35(39)34(30)38)27-16-18-28(41-22-27)23-40-4-2/h4,12-15,17,19-21,27-28H,2-3,5-11,16,18,22-23H2,1H3. The smallest absolute Gasteiger partial charge is 0.166 e. The Balaban J connectivity index is 1.40. The lowest BCUT2D eigenvalue weighted by molar-refractivity contribution is -0.0306. The number of aryl methyl sites for hydroxylation is 1. The van der Waals surface area contributed by atoms with Crippen molar-refractivity contribution in [2.75, 3.05) is 13.2 Å². The SMILES string of the molecule is C=COCC1CCC(c2ccc(-c3ccc(-c4ccc(CCCCCCCCC)c(F)c4F)cc3)c(F)c2F)CO1. The molecule has 1 fully saturated rings. The van der Waals surface area contributed by atoms with Crippen LogP contribution in [-0.2, 0) is 15.9 Å². The predicted octanol–water partition coefficient (Wildman–Crippen LogP) is 10.3. The minimum absolute atomic E-state index is 0.0884. The first-order valence-electron chi connectivity index (χ1n) is 14.8. The molecule has 220 valence electrons. The number of hydrogen-bond donors (Lipinski definition) is 0. The summed E-state index contributed by atoms with van der Waals surface area (Å²) in [4.78, 5) is 0. The Hall–Kier alpha value is -3.12. The summed E-state index contributed by atoms with van der Waals surface area (Å²) in [6, 6.07) is 12.8.